The number of hydrogen-bond donors (Lipinski definition) is 1. The van der Waals surface area contributed by atoms with E-state index in [0.717, 1.165) is 37.0 Å². The van der Waals surface area contributed by atoms with E-state index in [-0.39, 0.29) is 11.3 Å². The third kappa shape index (κ3) is 2.03. The molecule has 4 heteroatoms. The molecule has 1 heterocycles. The van der Waals surface area contributed by atoms with Gasteiger partial charge < -0.3 is 5.32 Å². The SMILES string of the molecule is O=C(Nc1ccc(Cl)cn1)C12CC3CC(CC(C3)C1)C2. The Labute approximate surface area is 124 Å². The normalized spacial score (nSPS) is 38.0. The molecule has 1 aromatic heterocycles. The molecule has 0 unspecified atom stereocenters. The number of rotatable bonds is 2. The third-order valence-corrected chi connectivity index (χ3v) is 5.71. The van der Waals surface area contributed by atoms with Crippen molar-refractivity contribution in [1.82, 2.24) is 4.98 Å². The van der Waals surface area contributed by atoms with Crippen LogP contribution in [-0.2, 0) is 4.79 Å². The first-order valence-corrected chi connectivity index (χ1v) is 7.94. The van der Waals surface area contributed by atoms with Gasteiger partial charge in [-0.2, -0.15) is 0 Å². The van der Waals surface area contributed by atoms with Crippen LogP contribution < -0.4 is 5.32 Å². The van der Waals surface area contributed by atoms with Gasteiger partial charge in [0, 0.05) is 6.20 Å². The first-order valence-electron chi connectivity index (χ1n) is 7.56. The summed E-state index contributed by atoms with van der Waals surface area (Å²) in [5, 5.41) is 3.61. The van der Waals surface area contributed by atoms with Crippen molar-refractivity contribution >= 4 is 23.3 Å². The number of amides is 1. The van der Waals surface area contributed by atoms with Crippen molar-refractivity contribution < 1.29 is 4.79 Å². The summed E-state index contributed by atoms with van der Waals surface area (Å²) in [5.74, 6) is 3.15. The lowest BCUT2D eigenvalue weighted by atomic mass is 9.49. The molecule has 4 aliphatic rings. The van der Waals surface area contributed by atoms with Crippen LogP contribution in [0.25, 0.3) is 0 Å². The Morgan fingerprint density at radius 3 is 2.25 bits per heavy atom. The van der Waals surface area contributed by atoms with E-state index < -0.39 is 0 Å². The standard InChI is InChI=1S/C16H19ClN2O/c17-13-1-2-14(18-9-13)19-15(20)16-6-10-3-11(7-16)5-12(4-10)8-16/h1-2,9-12H,3-8H2,(H,18,19,20). The second-order valence-electron chi connectivity index (χ2n) is 7.01. The van der Waals surface area contributed by atoms with Crippen LogP contribution in [0.5, 0.6) is 0 Å². The van der Waals surface area contributed by atoms with Crippen LogP contribution in [0.3, 0.4) is 0 Å². The van der Waals surface area contributed by atoms with Crippen molar-refractivity contribution in [2.45, 2.75) is 38.5 Å². The minimum absolute atomic E-state index is 0.115. The lowest BCUT2D eigenvalue weighted by Crippen LogP contribution is -2.51. The Balaban J connectivity index is 1.54. The van der Waals surface area contributed by atoms with E-state index in [1.54, 1.807) is 18.3 Å². The molecule has 0 saturated heterocycles. The topological polar surface area (TPSA) is 42.0 Å². The van der Waals surface area contributed by atoms with Crippen molar-refractivity contribution in [1.29, 1.82) is 0 Å². The van der Waals surface area contributed by atoms with Crippen LogP contribution >= 0.6 is 11.6 Å². The smallest absolute Gasteiger partial charge is 0.231 e. The molecule has 4 aliphatic carbocycles. The predicted molar refractivity (Wildman–Crippen MR) is 78.5 cm³/mol. The number of nitrogens with zero attached hydrogens (tertiary/aromatic N) is 1. The van der Waals surface area contributed by atoms with Gasteiger partial charge in [0.1, 0.15) is 5.82 Å². The average molecular weight is 291 g/mol. The Morgan fingerprint density at radius 1 is 1.15 bits per heavy atom. The lowest BCUT2D eigenvalue weighted by Gasteiger charge is -2.55. The highest BCUT2D eigenvalue weighted by Crippen LogP contribution is 2.60. The number of hydrogen-bond acceptors (Lipinski definition) is 2. The highest BCUT2D eigenvalue weighted by molar-refractivity contribution is 6.30. The average Bonchev–Trinajstić information content (AvgIpc) is 2.40. The van der Waals surface area contributed by atoms with Crippen LogP contribution in [0, 0.1) is 23.2 Å². The fourth-order valence-corrected chi connectivity index (χ4v) is 5.20. The summed E-state index contributed by atoms with van der Waals surface area (Å²) in [4.78, 5) is 16.9. The minimum Gasteiger partial charge on any atom is -0.310 e. The van der Waals surface area contributed by atoms with Crippen molar-refractivity contribution in [3.63, 3.8) is 0 Å². The van der Waals surface area contributed by atoms with Gasteiger partial charge in [-0.15, -0.1) is 0 Å². The van der Waals surface area contributed by atoms with Crippen molar-refractivity contribution in [3.8, 4) is 0 Å². The highest BCUT2D eigenvalue weighted by atomic mass is 35.5. The van der Waals surface area contributed by atoms with Gasteiger partial charge in [0.2, 0.25) is 5.91 Å². The summed E-state index contributed by atoms with van der Waals surface area (Å²) in [7, 11) is 0. The Kier molecular flexibility index (Phi) is 2.81. The van der Waals surface area contributed by atoms with E-state index in [2.05, 4.69) is 10.3 Å². The summed E-state index contributed by atoms with van der Waals surface area (Å²) in [6.07, 6.45) is 8.88. The van der Waals surface area contributed by atoms with E-state index in [1.807, 2.05) is 0 Å². The first kappa shape index (κ1) is 12.6. The van der Waals surface area contributed by atoms with Crippen LogP contribution in [-0.4, -0.2) is 10.9 Å². The van der Waals surface area contributed by atoms with Gasteiger partial charge in [-0.3, -0.25) is 4.79 Å². The maximum atomic E-state index is 12.8. The largest absolute Gasteiger partial charge is 0.310 e. The molecule has 4 saturated carbocycles. The van der Waals surface area contributed by atoms with Crippen LogP contribution in [0.4, 0.5) is 5.82 Å². The molecule has 1 aromatic rings. The number of aromatic nitrogens is 1. The van der Waals surface area contributed by atoms with E-state index >= 15 is 0 Å². The molecular weight excluding hydrogens is 272 g/mol. The number of carbonyl (C=O) groups excluding carboxylic acids is 1. The molecule has 0 radical (unpaired) electrons. The van der Waals surface area contributed by atoms with E-state index in [1.165, 1.54) is 19.3 Å². The lowest BCUT2D eigenvalue weighted by molar-refractivity contribution is -0.140. The maximum absolute atomic E-state index is 12.8. The number of nitrogens with one attached hydrogen (secondary N) is 1. The maximum Gasteiger partial charge on any atom is 0.231 e. The molecule has 0 atom stereocenters. The van der Waals surface area contributed by atoms with Gasteiger partial charge >= 0.3 is 0 Å². The molecule has 20 heavy (non-hydrogen) atoms. The van der Waals surface area contributed by atoms with Crippen LogP contribution in [0.1, 0.15) is 38.5 Å². The Hall–Kier alpha value is -1.09. The predicted octanol–water partition coefficient (Wildman–Crippen LogP) is 3.89. The van der Waals surface area contributed by atoms with Gasteiger partial charge in [-0.1, -0.05) is 11.6 Å². The third-order valence-electron chi connectivity index (χ3n) is 5.49. The van der Waals surface area contributed by atoms with Crippen LogP contribution in [0.2, 0.25) is 5.02 Å². The fraction of sp³-hybridized carbons (Fsp3) is 0.625. The molecule has 3 nitrogen and oxygen atoms in total. The molecule has 106 valence electrons. The molecule has 1 N–H and O–H groups in total. The molecule has 4 fully saturated rings. The summed E-state index contributed by atoms with van der Waals surface area (Å²) in [5.41, 5.74) is -0.115. The highest BCUT2D eigenvalue weighted by Gasteiger charge is 2.54. The fourth-order valence-electron chi connectivity index (χ4n) is 5.09. The number of carbonyl (C=O) groups is 1. The molecular formula is C16H19ClN2O. The minimum atomic E-state index is -0.115. The Morgan fingerprint density at radius 2 is 1.75 bits per heavy atom. The van der Waals surface area contributed by atoms with Crippen molar-refractivity contribution in [2.75, 3.05) is 5.32 Å². The zero-order valence-electron chi connectivity index (χ0n) is 11.4. The molecule has 5 rings (SSSR count). The monoisotopic (exact) mass is 290 g/mol. The second-order valence-corrected chi connectivity index (χ2v) is 7.45. The zero-order chi connectivity index (χ0) is 13.7. The van der Waals surface area contributed by atoms with E-state index in [9.17, 15) is 4.79 Å². The van der Waals surface area contributed by atoms with Gasteiger partial charge in [-0.05, 0) is 68.4 Å². The van der Waals surface area contributed by atoms with Gasteiger partial charge in [0.15, 0.2) is 0 Å². The molecule has 1 amide bonds. The zero-order valence-corrected chi connectivity index (χ0v) is 12.2. The van der Waals surface area contributed by atoms with E-state index in [4.69, 9.17) is 11.6 Å². The Bertz CT molecular complexity index is 505. The quantitative estimate of drug-likeness (QED) is 0.898. The number of pyridine rings is 1. The number of halogens is 1. The molecule has 0 spiro atoms. The molecule has 0 aliphatic heterocycles. The first-order chi connectivity index (χ1) is 9.63. The molecule has 0 aromatic carbocycles. The summed E-state index contributed by atoms with van der Waals surface area (Å²) < 4.78 is 0. The summed E-state index contributed by atoms with van der Waals surface area (Å²) in [6.45, 7) is 0. The van der Waals surface area contributed by atoms with Crippen molar-refractivity contribution in [3.05, 3.63) is 23.4 Å². The van der Waals surface area contributed by atoms with Crippen LogP contribution in [0.15, 0.2) is 18.3 Å². The van der Waals surface area contributed by atoms with Gasteiger partial charge in [-0.25, -0.2) is 4.98 Å². The summed E-state index contributed by atoms with van der Waals surface area (Å²) >= 11 is 5.83. The van der Waals surface area contributed by atoms with E-state index in [0.29, 0.717) is 10.8 Å². The van der Waals surface area contributed by atoms with Gasteiger partial charge in [0.05, 0.1) is 10.4 Å². The van der Waals surface area contributed by atoms with Gasteiger partial charge in [0.25, 0.3) is 0 Å². The number of anilines is 1. The molecule has 4 bridgehead atoms. The summed E-state index contributed by atoms with van der Waals surface area (Å²) in [6, 6.07) is 3.55. The van der Waals surface area contributed by atoms with Crippen molar-refractivity contribution in [2.24, 2.45) is 23.2 Å². The second kappa shape index (κ2) is 4.45.